The lowest BCUT2D eigenvalue weighted by Gasteiger charge is -2.23. The van der Waals surface area contributed by atoms with Gasteiger partial charge in [0.05, 0.1) is 16.9 Å². The summed E-state index contributed by atoms with van der Waals surface area (Å²) in [5.41, 5.74) is 1.05. The second-order valence-electron chi connectivity index (χ2n) is 5.29. The molecule has 0 saturated heterocycles. The summed E-state index contributed by atoms with van der Waals surface area (Å²) >= 11 is 0. The molecule has 1 unspecified atom stereocenters. The van der Waals surface area contributed by atoms with Gasteiger partial charge in [0, 0.05) is 25.5 Å². The number of rotatable bonds is 4. The molecule has 7 nitrogen and oxygen atoms in total. The highest BCUT2D eigenvalue weighted by molar-refractivity contribution is 5.79. The van der Waals surface area contributed by atoms with E-state index in [-0.39, 0.29) is 24.1 Å². The van der Waals surface area contributed by atoms with Crippen LogP contribution in [-0.2, 0) is 11.3 Å². The Bertz CT molecular complexity index is 886. The van der Waals surface area contributed by atoms with Gasteiger partial charge in [-0.3, -0.25) is 14.6 Å². The van der Waals surface area contributed by atoms with Crippen LogP contribution in [0.25, 0.3) is 10.9 Å². The Morgan fingerprint density at radius 1 is 1.39 bits per heavy atom. The molecule has 0 saturated carbocycles. The van der Waals surface area contributed by atoms with E-state index in [1.807, 2.05) is 6.92 Å². The predicted molar refractivity (Wildman–Crippen MR) is 83.7 cm³/mol. The Hall–Kier alpha value is -2.96. The van der Waals surface area contributed by atoms with E-state index < -0.39 is 0 Å². The van der Waals surface area contributed by atoms with Crippen LogP contribution in [0.1, 0.15) is 18.7 Å². The number of fused-ring (bicyclic) bond motifs is 1. The summed E-state index contributed by atoms with van der Waals surface area (Å²) in [5, 5.41) is 4.33. The van der Waals surface area contributed by atoms with Crippen molar-refractivity contribution in [2.24, 2.45) is 0 Å². The number of hydrogen-bond donors (Lipinski definition) is 0. The van der Waals surface area contributed by atoms with Gasteiger partial charge in [0.15, 0.2) is 0 Å². The zero-order valence-electron chi connectivity index (χ0n) is 12.8. The molecule has 0 aliphatic carbocycles. The average Bonchev–Trinajstić information content (AvgIpc) is 3.10. The summed E-state index contributed by atoms with van der Waals surface area (Å²) in [6, 6.07) is 6.61. The van der Waals surface area contributed by atoms with Crippen LogP contribution in [0.3, 0.4) is 0 Å². The maximum atomic E-state index is 12.4. The number of carbonyl (C=O) groups excluding carboxylic acids is 1. The fourth-order valence-corrected chi connectivity index (χ4v) is 2.35. The zero-order chi connectivity index (χ0) is 16.4. The SMILES string of the molecule is CC(c1ccon1)N(C)C(=O)Cn1ccc2ncccc2c1=O. The first-order valence-corrected chi connectivity index (χ1v) is 7.18. The first-order chi connectivity index (χ1) is 11.1. The topological polar surface area (TPSA) is 81.2 Å². The Labute approximate surface area is 132 Å². The van der Waals surface area contributed by atoms with Gasteiger partial charge in [-0.2, -0.15) is 0 Å². The first-order valence-electron chi connectivity index (χ1n) is 7.18. The van der Waals surface area contributed by atoms with Crippen LogP contribution in [-0.4, -0.2) is 32.6 Å². The number of aromatic nitrogens is 3. The van der Waals surface area contributed by atoms with Crippen molar-refractivity contribution in [1.82, 2.24) is 19.6 Å². The van der Waals surface area contributed by atoms with Gasteiger partial charge in [0.25, 0.3) is 5.56 Å². The smallest absolute Gasteiger partial charge is 0.260 e. The van der Waals surface area contributed by atoms with Crippen LogP contribution in [0.4, 0.5) is 0 Å². The van der Waals surface area contributed by atoms with Crippen molar-refractivity contribution < 1.29 is 9.32 Å². The zero-order valence-corrected chi connectivity index (χ0v) is 12.8. The Morgan fingerprint density at radius 2 is 2.22 bits per heavy atom. The lowest BCUT2D eigenvalue weighted by atomic mass is 10.2. The molecule has 0 aliphatic rings. The molecule has 3 rings (SSSR count). The third-order valence-corrected chi connectivity index (χ3v) is 3.91. The van der Waals surface area contributed by atoms with Crippen molar-refractivity contribution in [3.05, 3.63) is 59.0 Å². The number of amides is 1. The van der Waals surface area contributed by atoms with Gasteiger partial charge in [-0.25, -0.2) is 0 Å². The first kappa shape index (κ1) is 15.0. The second-order valence-corrected chi connectivity index (χ2v) is 5.29. The molecule has 3 aromatic rings. The van der Waals surface area contributed by atoms with Gasteiger partial charge >= 0.3 is 0 Å². The van der Waals surface area contributed by atoms with E-state index in [2.05, 4.69) is 10.1 Å². The molecule has 0 fully saturated rings. The lowest BCUT2D eigenvalue weighted by molar-refractivity contribution is -0.132. The number of hydrogen-bond acceptors (Lipinski definition) is 5. The summed E-state index contributed by atoms with van der Waals surface area (Å²) < 4.78 is 6.19. The van der Waals surface area contributed by atoms with Crippen LogP contribution >= 0.6 is 0 Å². The third-order valence-electron chi connectivity index (χ3n) is 3.91. The maximum Gasteiger partial charge on any atom is 0.260 e. The fraction of sp³-hybridized carbons (Fsp3) is 0.250. The molecule has 0 spiro atoms. The third kappa shape index (κ3) is 2.85. The van der Waals surface area contributed by atoms with Gasteiger partial charge in [-0.05, 0) is 25.1 Å². The molecule has 1 atom stereocenters. The quantitative estimate of drug-likeness (QED) is 0.731. The van der Waals surface area contributed by atoms with Gasteiger partial charge < -0.3 is 14.0 Å². The molecule has 3 aromatic heterocycles. The van der Waals surface area contributed by atoms with Crippen molar-refractivity contribution in [2.45, 2.75) is 19.5 Å². The molecular weight excluding hydrogens is 296 g/mol. The summed E-state index contributed by atoms with van der Waals surface area (Å²) in [6.45, 7) is 1.81. The Kier molecular flexibility index (Phi) is 3.92. The summed E-state index contributed by atoms with van der Waals surface area (Å²) in [7, 11) is 1.68. The summed E-state index contributed by atoms with van der Waals surface area (Å²) in [4.78, 5) is 30.5. The second kappa shape index (κ2) is 6.04. The predicted octanol–water partition coefficient (Wildman–Crippen LogP) is 1.60. The van der Waals surface area contributed by atoms with Crippen molar-refractivity contribution in [3.63, 3.8) is 0 Å². The molecule has 1 amide bonds. The van der Waals surface area contributed by atoms with Gasteiger partial charge in [-0.15, -0.1) is 0 Å². The fourth-order valence-electron chi connectivity index (χ4n) is 2.35. The normalized spacial score (nSPS) is 12.3. The number of pyridine rings is 2. The standard InChI is InChI=1S/C16H16N4O3/c1-11(13-6-9-23-18-13)19(2)15(21)10-20-8-5-14-12(16(20)22)4-3-7-17-14/h3-9,11H,10H2,1-2H3. The minimum atomic E-state index is -0.237. The monoisotopic (exact) mass is 312 g/mol. The Morgan fingerprint density at radius 3 is 2.96 bits per heavy atom. The molecule has 0 N–H and O–H groups in total. The highest BCUT2D eigenvalue weighted by atomic mass is 16.5. The van der Waals surface area contributed by atoms with Crippen LogP contribution in [0.5, 0.6) is 0 Å². The van der Waals surface area contributed by atoms with Crippen LogP contribution < -0.4 is 5.56 Å². The summed E-state index contributed by atoms with van der Waals surface area (Å²) in [6.07, 6.45) is 4.68. The van der Waals surface area contributed by atoms with Crippen LogP contribution in [0.2, 0.25) is 0 Å². The molecule has 0 bridgehead atoms. The van der Waals surface area contributed by atoms with E-state index in [1.165, 1.54) is 15.7 Å². The van der Waals surface area contributed by atoms with Crippen LogP contribution in [0, 0.1) is 0 Å². The van der Waals surface area contributed by atoms with E-state index in [9.17, 15) is 9.59 Å². The molecular formula is C16H16N4O3. The molecule has 0 aliphatic heterocycles. The molecule has 23 heavy (non-hydrogen) atoms. The van der Waals surface area contributed by atoms with E-state index in [4.69, 9.17) is 4.52 Å². The number of nitrogens with zero attached hydrogens (tertiary/aromatic N) is 4. The van der Waals surface area contributed by atoms with Crippen molar-refractivity contribution in [3.8, 4) is 0 Å². The largest absolute Gasteiger partial charge is 0.364 e. The average molecular weight is 312 g/mol. The van der Waals surface area contributed by atoms with Gasteiger partial charge in [-0.1, -0.05) is 5.16 Å². The summed E-state index contributed by atoms with van der Waals surface area (Å²) in [5.74, 6) is -0.189. The van der Waals surface area contributed by atoms with Crippen molar-refractivity contribution in [2.75, 3.05) is 7.05 Å². The minimum absolute atomic E-state index is 0.0393. The molecule has 118 valence electrons. The van der Waals surface area contributed by atoms with E-state index in [0.29, 0.717) is 16.6 Å². The lowest BCUT2D eigenvalue weighted by Crippen LogP contribution is -2.35. The highest BCUT2D eigenvalue weighted by Gasteiger charge is 2.20. The maximum absolute atomic E-state index is 12.4. The number of likely N-dealkylation sites (N-methyl/N-ethyl adjacent to an activating group) is 1. The van der Waals surface area contributed by atoms with E-state index in [0.717, 1.165) is 0 Å². The molecule has 3 heterocycles. The highest BCUT2D eigenvalue weighted by Crippen LogP contribution is 2.16. The van der Waals surface area contributed by atoms with Crippen molar-refractivity contribution in [1.29, 1.82) is 0 Å². The van der Waals surface area contributed by atoms with Gasteiger partial charge in [0.1, 0.15) is 18.5 Å². The molecule has 0 aromatic carbocycles. The van der Waals surface area contributed by atoms with Crippen LogP contribution in [0.15, 0.2) is 52.2 Å². The van der Waals surface area contributed by atoms with E-state index >= 15 is 0 Å². The van der Waals surface area contributed by atoms with E-state index in [1.54, 1.807) is 43.7 Å². The minimum Gasteiger partial charge on any atom is -0.364 e. The molecule has 0 radical (unpaired) electrons. The van der Waals surface area contributed by atoms with Gasteiger partial charge in [0.2, 0.25) is 5.91 Å². The Balaban J connectivity index is 1.83. The molecule has 7 heteroatoms. The number of carbonyl (C=O) groups is 1. The van der Waals surface area contributed by atoms with Crippen molar-refractivity contribution >= 4 is 16.8 Å².